The quantitative estimate of drug-likeness (QED) is 0.768. The molecule has 0 N–H and O–H groups in total. The third kappa shape index (κ3) is 3.87. The lowest BCUT2D eigenvalue weighted by atomic mass is 9.92. The standard InChI is InChI=1S/C20H23NO4/c1-6-24-19(22)16-13(4)21-14(5)17(20(23)25-7-2)18(16)15-10-8-12(3)9-11-15/h8-11H,6-7H2,1-5H3. The highest BCUT2D eigenvalue weighted by Gasteiger charge is 2.27. The Labute approximate surface area is 148 Å². The molecule has 0 fully saturated rings. The number of benzene rings is 1. The number of nitrogens with zero attached hydrogens (tertiary/aromatic N) is 1. The number of carbonyl (C=O) groups is 2. The lowest BCUT2D eigenvalue weighted by molar-refractivity contribution is 0.0525. The van der Waals surface area contributed by atoms with Crippen LogP contribution in [0.5, 0.6) is 0 Å². The molecule has 1 aromatic heterocycles. The molecule has 0 unspecified atom stereocenters. The van der Waals surface area contributed by atoms with Gasteiger partial charge in [-0.2, -0.15) is 0 Å². The minimum absolute atomic E-state index is 0.244. The Balaban J connectivity index is 2.82. The number of hydrogen-bond acceptors (Lipinski definition) is 5. The molecule has 1 heterocycles. The maximum absolute atomic E-state index is 12.6. The van der Waals surface area contributed by atoms with Crippen LogP contribution in [0, 0.1) is 20.8 Å². The topological polar surface area (TPSA) is 65.5 Å². The zero-order chi connectivity index (χ0) is 18.6. The number of rotatable bonds is 5. The number of pyridine rings is 1. The van der Waals surface area contributed by atoms with Gasteiger partial charge in [-0.3, -0.25) is 4.98 Å². The van der Waals surface area contributed by atoms with Gasteiger partial charge in [0, 0.05) is 5.56 Å². The van der Waals surface area contributed by atoms with Crippen LogP contribution in [0.15, 0.2) is 24.3 Å². The maximum Gasteiger partial charge on any atom is 0.340 e. The van der Waals surface area contributed by atoms with Gasteiger partial charge in [0.05, 0.1) is 35.7 Å². The molecule has 0 atom stereocenters. The largest absolute Gasteiger partial charge is 0.462 e. The third-order valence-electron chi connectivity index (χ3n) is 3.86. The summed E-state index contributed by atoms with van der Waals surface area (Å²) in [5.74, 6) is -0.984. The number of esters is 2. The monoisotopic (exact) mass is 341 g/mol. The van der Waals surface area contributed by atoms with Gasteiger partial charge in [-0.25, -0.2) is 9.59 Å². The van der Waals surface area contributed by atoms with Crippen molar-refractivity contribution in [3.05, 3.63) is 52.3 Å². The van der Waals surface area contributed by atoms with Gasteiger partial charge in [-0.05, 0) is 40.2 Å². The molecule has 0 radical (unpaired) electrons. The Morgan fingerprint density at radius 3 is 1.68 bits per heavy atom. The Morgan fingerprint density at radius 2 is 1.28 bits per heavy atom. The zero-order valence-corrected chi connectivity index (χ0v) is 15.3. The summed E-state index contributed by atoms with van der Waals surface area (Å²) in [6.45, 7) is 9.44. The van der Waals surface area contributed by atoms with E-state index in [-0.39, 0.29) is 13.2 Å². The smallest absolute Gasteiger partial charge is 0.340 e. The summed E-state index contributed by atoms with van der Waals surface area (Å²) in [5.41, 5.74) is 4.02. The molecule has 0 bridgehead atoms. The Kier molecular flexibility index (Phi) is 5.91. The highest BCUT2D eigenvalue weighted by Crippen LogP contribution is 2.32. The van der Waals surface area contributed by atoms with E-state index in [0.29, 0.717) is 28.1 Å². The second-order valence-corrected chi connectivity index (χ2v) is 5.71. The molecule has 2 aromatic rings. The van der Waals surface area contributed by atoms with Crippen molar-refractivity contribution >= 4 is 11.9 Å². The van der Waals surface area contributed by atoms with E-state index in [1.807, 2.05) is 31.2 Å². The van der Waals surface area contributed by atoms with E-state index in [4.69, 9.17) is 9.47 Å². The average molecular weight is 341 g/mol. The van der Waals surface area contributed by atoms with E-state index < -0.39 is 11.9 Å². The highest BCUT2D eigenvalue weighted by atomic mass is 16.5. The molecule has 2 rings (SSSR count). The van der Waals surface area contributed by atoms with Crippen LogP contribution in [-0.4, -0.2) is 30.1 Å². The number of aryl methyl sites for hydroxylation is 3. The molecule has 0 amide bonds. The van der Waals surface area contributed by atoms with Crippen LogP contribution >= 0.6 is 0 Å². The normalized spacial score (nSPS) is 10.4. The first kappa shape index (κ1) is 18.6. The second-order valence-electron chi connectivity index (χ2n) is 5.71. The van der Waals surface area contributed by atoms with Crippen molar-refractivity contribution in [2.75, 3.05) is 13.2 Å². The van der Waals surface area contributed by atoms with E-state index in [1.54, 1.807) is 27.7 Å². The van der Waals surface area contributed by atoms with Gasteiger partial charge in [0.2, 0.25) is 0 Å². The van der Waals surface area contributed by atoms with Gasteiger partial charge in [0.1, 0.15) is 0 Å². The summed E-state index contributed by atoms with van der Waals surface area (Å²) in [5, 5.41) is 0. The van der Waals surface area contributed by atoms with Crippen LogP contribution in [0.1, 0.15) is 51.5 Å². The summed E-state index contributed by atoms with van der Waals surface area (Å²) < 4.78 is 10.4. The summed E-state index contributed by atoms with van der Waals surface area (Å²) in [6.07, 6.45) is 0. The number of aromatic nitrogens is 1. The van der Waals surface area contributed by atoms with Gasteiger partial charge in [0.15, 0.2) is 0 Å². The van der Waals surface area contributed by atoms with E-state index in [2.05, 4.69) is 4.98 Å². The van der Waals surface area contributed by atoms with Crippen molar-refractivity contribution in [2.45, 2.75) is 34.6 Å². The minimum atomic E-state index is -0.492. The number of ether oxygens (including phenoxy) is 2. The molecular weight excluding hydrogens is 318 g/mol. The first-order valence-corrected chi connectivity index (χ1v) is 8.33. The van der Waals surface area contributed by atoms with Crippen molar-refractivity contribution < 1.29 is 19.1 Å². The summed E-state index contributed by atoms with van der Waals surface area (Å²) in [4.78, 5) is 29.5. The summed E-state index contributed by atoms with van der Waals surface area (Å²) in [7, 11) is 0. The average Bonchev–Trinajstić information content (AvgIpc) is 2.55. The second kappa shape index (κ2) is 7.92. The predicted molar refractivity (Wildman–Crippen MR) is 95.8 cm³/mol. The van der Waals surface area contributed by atoms with Gasteiger partial charge in [-0.1, -0.05) is 29.8 Å². The molecule has 1 aromatic carbocycles. The van der Waals surface area contributed by atoms with Crippen molar-refractivity contribution in [3.8, 4) is 11.1 Å². The van der Waals surface area contributed by atoms with Crippen molar-refractivity contribution in [1.82, 2.24) is 4.98 Å². The van der Waals surface area contributed by atoms with Crippen LogP contribution in [-0.2, 0) is 9.47 Å². The lowest BCUT2D eigenvalue weighted by Crippen LogP contribution is -2.17. The molecule has 25 heavy (non-hydrogen) atoms. The van der Waals surface area contributed by atoms with Gasteiger partial charge in [-0.15, -0.1) is 0 Å². The van der Waals surface area contributed by atoms with Crippen molar-refractivity contribution in [2.24, 2.45) is 0 Å². The molecule has 0 spiro atoms. The van der Waals surface area contributed by atoms with Crippen LogP contribution in [0.2, 0.25) is 0 Å². The Hall–Kier alpha value is -2.69. The predicted octanol–water partition coefficient (Wildman–Crippen LogP) is 4.03. The van der Waals surface area contributed by atoms with Crippen LogP contribution in [0.25, 0.3) is 11.1 Å². The number of hydrogen-bond donors (Lipinski definition) is 0. The van der Waals surface area contributed by atoms with Gasteiger partial charge >= 0.3 is 11.9 Å². The zero-order valence-electron chi connectivity index (χ0n) is 15.3. The van der Waals surface area contributed by atoms with Crippen LogP contribution in [0.4, 0.5) is 0 Å². The maximum atomic E-state index is 12.6. The fourth-order valence-electron chi connectivity index (χ4n) is 2.77. The third-order valence-corrected chi connectivity index (χ3v) is 3.86. The van der Waals surface area contributed by atoms with Crippen LogP contribution in [0.3, 0.4) is 0 Å². The SMILES string of the molecule is CCOC(=O)c1c(C)nc(C)c(C(=O)OCC)c1-c1ccc(C)cc1. The number of carbonyl (C=O) groups excluding carboxylic acids is 2. The first-order chi connectivity index (χ1) is 11.9. The molecule has 0 saturated heterocycles. The lowest BCUT2D eigenvalue weighted by Gasteiger charge is -2.17. The molecule has 5 heteroatoms. The molecule has 0 aliphatic rings. The fourth-order valence-corrected chi connectivity index (χ4v) is 2.77. The molecule has 0 aliphatic carbocycles. The van der Waals surface area contributed by atoms with Crippen molar-refractivity contribution in [3.63, 3.8) is 0 Å². The Bertz CT molecular complexity index is 752. The molecule has 0 saturated carbocycles. The van der Waals surface area contributed by atoms with Gasteiger partial charge in [0.25, 0.3) is 0 Å². The first-order valence-electron chi connectivity index (χ1n) is 8.33. The molecule has 0 aliphatic heterocycles. The summed E-state index contributed by atoms with van der Waals surface area (Å²) >= 11 is 0. The van der Waals surface area contributed by atoms with Gasteiger partial charge < -0.3 is 9.47 Å². The van der Waals surface area contributed by atoms with E-state index in [9.17, 15) is 9.59 Å². The fraction of sp³-hybridized carbons (Fsp3) is 0.350. The van der Waals surface area contributed by atoms with Crippen molar-refractivity contribution in [1.29, 1.82) is 0 Å². The highest BCUT2D eigenvalue weighted by molar-refractivity contribution is 6.07. The Morgan fingerprint density at radius 1 is 0.840 bits per heavy atom. The minimum Gasteiger partial charge on any atom is -0.462 e. The molecular formula is C20H23NO4. The van der Waals surface area contributed by atoms with E-state index in [0.717, 1.165) is 11.1 Å². The van der Waals surface area contributed by atoms with Crippen LogP contribution < -0.4 is 0 Å². The molecule has 5 nitrogen and oxygen atoms in total. The van der Waals surface area contributed by atoms with E-state index >= 15 is 0 Å². The summed E-state index contributed by atoms with van der Waals surface area (Å²) in [6, 6.07) is 7.64. The molecule has 132 valence electrons. The van der Waals surface area contributed by atoms with E-state index in [1.165, 1.54) is 0 Å².